The van der Waals surface area contributed by atoms with Crippen LogP contribution in [-0.4, -0.2) is 63.3 Å². The van der Waals surface area contributed by atoms with Crippen molar-refractivity contribution in [2.24, 2.45) is 5.73 Å². The Bertz CT molecular complexity index is 667. The Hall–Kier alpha value is -2.26. The zero-order valence-corrected chi connectivity index (χ0v) is 15.1. The number of hydrogen-bond acceptors (Lipinski definition) is 6. The number of benzene rings is 1. The molecule has 0 aliphatic carbocycles. The lowest BCUT2D eigenvalue weighted by atomic mass is 10.0. The quantitative estimate of drug-likeness (QED) is 0.414. The highest BCUT2D eigenvalue weighted by Gasteiger charge is 2.37. The van der Waals surface area contributed by atoms with E-state index in [2.05, 4.69) is 17.9 Å². The van der Waals surface area contributed by atoms with Gasteiger partial charge in [-0.3, -0.25) is 9.59 Å². The van der Waals surface area contributed by atoms with E-state index in [1.165, 1.54) is 17.0 Å². The smallest absolute Gasteiger partial charge is 0.326 e. The number of carboxylic acids is 1. The Kier molecular flexibility index (Phi) is 6.87. The Morgan fingerprint density at radius 1 is 1.31 bits per heavy atom. The number of phenols is 1. The minimum atomic E-state index is -1.17. The molecular formula is C17H23N3O5S. The zero-order chi connectivity index (χ0) is 19.3. The molecule has 1 saturated heterocycles. The number of rotatable bonds is 7. The maximum absolute atomic E-state index is 12.6. The van der Waals surface area contributed by atoms with Crippen molar-refractivity contribution in [2.75, 3.05) is 12.3 Å². The van der Waals surface area contributed by atoms with Crippen molar-refractivity contribution in [2.45, 2.75) is 37.4 Å². The largest absolute Gasteiger partial charge is 0.508 e. The summed E-state index contributed by atoms with van der Waals surface area (Å²) in [5, 5.41) is 21.2. The van der Waals surface area contributed by atoms with Gasteiger partial charge < -0.3 is 26.2 Å². The third-order valence-electron chi connectivity index (χ3n) is 4.34. The van der Waals surface area contributed by atoms with Crippen molar-refractivity contribution < 1.29 is 24.6 Å². The van der Waals surface area contributed by atoms with Gasteiger partial charge >= 0.3 is 5.97 Å². The van der Waals surface area contributed by atoms with E-state index in [4.69, 9.17) is 5.73 Å². The molecule has 1 aliphatic heterocycles. The molecule has 3 atom stereocenters. The monoisotopic (exact) mass is 381 g/mol. The van der Waals surface area contributed by atoms with E-state index < -0.39 is 30.0 Å². The van der Waals surface area contributed by atoms with Crippen LogP contribution < -0.4 is 11.1 Å². The van der Waals surface area contributed by atoms with Gasteiger partial charge in [0.1, 0.15) is 17.8 Å². The lowest BCUT2D eigenvalue weighted by Gasteiger charge is -2.27. The number of hydrogen-bond donors (Lipinski definition) is 5. The van der Waals surface area contributed by atoms with E-state index >= 15 is 0 Å². The molecule has 0 spiro atoms. The first kappa shape index (κ1) is 20.1. The topological polar surface area (TPSA) is 133 Å². The summed E-state index contributed by atoms with van der Waals surface area (Å²) in [5.74, 6) is -1.79. The Morgan fingerprint density at radius 2 is 1.96 bits per heavy atom. The predicted molar refractivity (Wildman–Crippen MR) is 97.9 cm³/mol. The van der Waals surface area contributed by atoms with E-state index in [1.54, 1.807) is 12.1 Å². The first-order valence-corrected chi connectivity index (χ1v) is 8.94. The third-order valence-corrected chi connectivity index (χ3v) is 4.74. The van der Waals surface area contributed by atoms with Crippen LogP contribution in [0.3, 0.4) is 0 Å². The molecule has 1 aromatic carbocycles. The molecule has 142 valence electrons. The predicted octanol–water partition coefficient (Wildman–Crippen LogP) is -0.248. The molecule has 8 nitrogen and oxygen atoms in total. The molecule has 9 heteroatoms. The van der Waals surface area contributed by atoms with Gasteiger partial charge in [0, 0.05) is 18.7 Å². The number of amides is 2. The molecular weight excluding hydrogens is 358 g/mol. The van der Waals surface area contributed by atoms with Crippen molar-refractivity contribution in [1.29, 1.82) is 0 Å². The summed E-state index contributed by atoms with van der Waals surface area (Å²) in [6.07, 6.45) is 1.18. The molecule has 1 fully saturated rings. The van der Waals surface area contributed by atoms with E-state index in [-0.39, 0.29) is 23.8 Å². The van der Waals surface area contributed by atoms with Gasteiger partial charge in [-0.15, -0.1) is 0 Å². The minimum absolute atomic E-state index is 0.0676. The average molecular weight is 381 g/mol. The molecule has 3 unspecified atom stereocenters. The Labute approximate surface area is 156 Å². The highest BCUT2D eigenvalue weighted by molar-refractivity contribution is 7.80. The first-order valence-electron chi connectivity index (χ1n) is 8.31. The van der Waals surface area contributed by atoms with Crippen LogP contribution in [0.4, 0.5) is 0 Å². The number of nitrogens with two attached hydrogens (primary N) is 1. The summed E-state index contributed by atoms with van der Waals surface area (Å²) in [5.41, 5.74) is 6.37. The first-order chi connectivity index (χ1) is 12.3. The fourth-order valence-electron chi connectivity index (χ4n) is 2.93. The van der Waals surface area contributed by atoms with Crippen LogP contribution in [0.15, 0.2) is 24.3 Å². The second-order valence-corrected chi connectivity index (χ2v) is 6.61. The zero-order valence-electron chi connectivity index (χ0n) is 14.2. The normalized spacial score (nSPS) is 19.0. The number of nitrogens with zero attached hydrogens (tertiary/aromatic N) is 1. The third kappa shape index (κ3) is 4.89. The van der Waals surface area contributed by atoms with Crippen molar-refractivity contribution >= 4 is 30.4 Å². The van der Waals surface area contributed by atoms with Gasteiger partial charge in [-0.2, -0.15) is 12.6 Å². The van der Waals surface area contributed by atoms with Crippen LogP contribution in [-0.2, 0) is 20.8 Å². The van der Waals surface area contributed by atoms with Gasteiger partial charge in [0.2, 0.25) is 11.8 Å². The van der Waals surface area contributed by atoms with Crippen LogP contribution in [0.1, 0.15) is 18.4 Å². The van der Waals surface area contributed by atoms with E-state index in [9.17, 15) is 24.6 Å². The number of carboxylic acid groups (broad SMARTS) is 1. The Balaban J connectivity index is 2.05. The second kappa shape index (κ2) is 8.91. The highest BCUT2D eigenvalue weighted by atomic mass is 32.1. The van der Waals surface area contributed by atoms with Gasteiger partial charge in [0.05, 0.1) is 6.04 Å². The van der Waals surface area contributed by atoms with Gasteiger partial charge in [-0.25, -0.2) is 4.79 Å². The lowest BCUT2D eigenvalue weighted by molar-refractivity contribution is -0.144. The fraction of sp³-hybridized carbons (Fsp3) is 0.471. The molecule has 26 heavy (non-hydrogen) atoms. The summed E-state index contributed by atoms with van der Waals surface area (Å²) in [4.78, 5) is 37.7. The molecule has 1 aliphatic rings. The van der Waals surface area contributed by atoms with Crippen molar-refractivity contribution in [3.63, 3.8) is 0 Å². The van der Waals surface area contributed by atoms with Crippen molar-refractivity contribution in [3.8, 4) is 5.75 Å². The number of carbonyl (C=O) groups excluding carboxylic acids is 2. The summed E-state index contributed by atoms with van der Waals surface area (Å²) < 4.78 is 0. The van der Waals surface area contributed by atoms with E-state index in [0.717, 1.165) is 0 Å². The van der Waals surface area contributed by atoms with Crippen molar-refractivity contribution in [1.82, 2.24) is 10.2 Å². The highest BCUT2D eigenvalue weighted by Crippen LogP contribution is 2.19. The van der Waals surface area contributed by atoms with E-state index in [1.807, 2.05) is 0 Å². The molecule has 1 heterocycles. The van der Waals surface area contributed by atoms with E-state index in [0.29, 0.717) is 24.9 Å². The maximum atomic E-state index is 12.6. The maximum Gasteiger partial charge on any atom is 0.326 e. The van der Waals surface area contributed by atoms with Crippen LogP contribution in [0, 0.1) is 0 Å². The van der Waals surface area contributed by atoms with Crippen LogP contribution in [0.5, 0.6) is 5.75 Å². The average Bonchev–Trinajstić information content (AvgIpc) is 3.11. The number of aliphatic carboxylic acids is 1. The number of phenolic OH excluding ortho intramolecular Hbond substituents is 1. The molecule has 5 N–H and O–H groups in total. The number of likely N-dealkylation sites (tertiary alicyclic amines) is 1. The number of aromatic hydroxyl groups is 1. The minimum Gasteiger partial charge on any atom is -0.508 e. The fourth-order valence-corrected chi connectivity index (χ4v) is 3.09. The van der Waals surface area contributed by atoms with Gasteiger partial charge in [-0.1, -0.05) is 12.1 Å². The molecule has 2 rings (SSSR count). The summed E-state index contributed by atoms with van der Waals surface area (Å²) >= 11 is 4.01. The standard InChI is InChI=1S/C17H23N3O5S/c18-12(9-26)16(23)20-7-1-2-14(20)15(22)19-13(17(24)25)8-10-3-5-11(21)6-4-10/h3-6,12-14,21,26H,1-2,7-9,18H2,(H,19,22)(H,24,25). The molecule has 2 amide bonds. The van der Waals surface area contributed by atoms with Crippen LogP contribution >= 0.6 is 12.6 Å². The second-order valence-electron chi connectivity index (χ2n) is 6.25. The number of nitrogens with one attached hydrogen (secondary N) is 1. The SMILES string of the molecule is NC(CS)C(=O)N1CCCC1C(=O)NC(Cc1ccc(O)cc1)C(=O)O. The molecule has 1 aromatic rings. The van der Waals surface area contributed by atoms with Gasteiger partial charge in [0.25, 0.3) is 0 Å². The number of carbonyl (C=O) groups is 3. The summed E-state index contributed by atoms with van der Waals surface area (Å²) in [7, 11) is 0. The van der Waals surface area contributed by atoms with Gasteiger partial charge in [0.15, 0.2) is 0 Å². The Morgan fingerprint density at radius 3 is 2.54 bits per heavy atom. The lowest BCUT2D eigenvalue weighted by Crippen LogP contribution is -2.54. The van der Waals surface area contributed by atoms with Gasteiger partial charge in [-0.05, 0) is 30.5 Å². The molecule has 0 aromatic heterocycles. The van der Waals surface area contributed by atoms with Crippen LogP contribution in [0.25, 0.3) is 0 Å². The molecule has 0 saturated carbocycles. The van der Waals surface area contributed by atoms with Crippen LogP contribution in [0.2, 0.25) is 0 Å². The number of thiol groups is 1. The van der Waals surface area contributed by atoms with Crippen molar-refractivity contribution in [3.05, 3.63) is 29.8 Å². The molecule has 0 radical (unpaired) electrons. The summed E-state index contributed by atoms with van der Waals surface area (Å²) in [6.45, 7) is 0.411. The molecule has 0 bridgehead atoms. The summed E-state index contributed by atoms with van der Waals surface area (Å²) in [6, 6.07) is 3.43.